The number of para-hydroxylation sites is 1. The fraction of sp³-hybridized carbons (Fsp3) is 0.333. The number of nitrogens with one attached hydrogen (secondary N) is 1. The topological polar surface area (TPSA) is 46.2 Å². The van der Waals surface area contributed by atoms with Crippen LogP contribution in [0.5, 0.6) is 0 Å². The van der Waals surface area contributed by atoms with Crippen LogP contribution in [0.4, 0.5) is 5.69 Å². The van der Waals surface area contributed by atoms with Crippen molar-refractivity contribution in [2.75, 3.05) is 15.7 Å². The van der Waals surface area contributed by atoms with Crippen LogP contribution in [0.2, 0.25) is 0 Å². The largest absolute Gasteiger partial charge is 0.281 e. The quantitative estimate of drug-likeness (QED) is 0.658. The zero-order chi connectivity index (χ0) is 11.3. The Morgan fingerprint density at radius 1 is 1.40 bits per heavy atom. The van der Waals surface area contributed by atoms with Crippen LogP contribution in [0.15, 0.2) is 29.2 Å². The van der Waals surface area contributed by atoms with Crippen molar-refractivity contribution in [3.8, 4) is 0 Å². The molecule has 84 valence electrons. The zero-order valence-electron chi connectivity index (χ0n) is 8.23. The lowest BCUT2D eigenvalue weighted by Gasteiger charge is -2.09. The van der Waals surface area contributed by atoms with Crippen LogP contribution in [0, 0.1) is 0 Å². The second-order valence-corrected chi connectivity index (χ2v) is 6.37. The van der Waals surface area contributed by atoms with Gasteiger partial charge in [-0.3, -0.25) is 4.72 Å². The molecule has 0 atom stereocenters. The Kier molecular flexibility index (Phi) is 4.76. The predicted octanol–water partition coefficient (Wildman–Crippen LogP) is 2.74. The molecule has 0 aliphatic heterocycles. The van der Waals surface area contributed by atoms with Crippen LogP contribution in [0.3, 0.4) is 0 Å². The molecule has 0 heterocycles. The van der Waals surface area contributed by atoms with Gasteiger partial charge in [0, 0.05) is 4.90 Å². The average molecular weight is 266 g/mol. The first kappa shape index (κ1) is 12.7. The highest BCUT2D eigenvalue weighted by Gasteiger charge is 2.10. The maximum atomic E-state index is 11.3. The normalized spacial score (nSPS) is 11.3. The molecule has 0 aliphatic rings. The third kappa shape index (κ3) is 3.93. The molecule has 15 heavy (non-hydrogen) atoms. The molecule has 0 amide bonds. The molecular weight excluding hydrogens is 254 g/mol. The molecule has 0 unspecified atom stereocenters. The van der Waals surface area contributed by atoms with Gasteiger partial charge in [-0.15, -0.1) is 23.4 Å². The van der Waals surface area contributed by atoms with Crippen LogP contribution in [0.25, 0.3) is 0 Å². The molecule has 1 rings (SSSR count). The number of hydrogen-bond acceptors (Lipinski definition) is 3. The van der Waals surface area contributed by atoms with Crippen LogP contribution < -0.4 is 4.72 Å². The van der Waals surface area contributed by atoms with Crippen molar-refractivity contribution < 1.29 is 8.42 Å². The second kappa shape index (κ2) is 5.63. The molecule has 0 radical (unpaired) electrons. The molecule has 0 aromatic heterocycles. The Labute approximate surface area is 99.3 Å². The van der Waals surface area contributed by atoms with E-state index in [2.05, 4.69) is 4.72 Å². The minimum absolute atomic E-state index is 0.432. The van der Waals surface area contributed by atoms with Crippen molar-refractivity contribution >= 4 is 39.1 Å². The number of anilines is 1. The zero-order valence-corrected chi connectivity index (χ0v) is 10.6. The molecule has 6 heteroatoms. The van der Waals surface area contributed by atoms with Crippen molar-refractivity contribution in [3.05, 3.63) is 24.3 Å². The fourth-order valence-corrected chi connectivity index (χ4v) is 2.58. The van der Waals surface area contributed by atoms with E-state index in [1.165, 1.54) is 0 Å². The highest BCUT2D eigenvalue weighted by Crippen LogP contribution is 2.27. The first-order valence-electron chi connectivity index (χ1n) is 4.37. The highest BCUT2D eigenvalue weighted by molar-refractivity contribution is 7.99. The summed E-state index contributed by atoms with van der Waals surface area (Å²) in [5, 5.41) is -0.432. The van der Waals surface area contributed by atoms with Crippen molar-refractivity contribution in [3.63, 3.8) is 0 Å². The number of hydrogen-bond donors (Lipinski definition) is 1. The molecule has 0 saturated carbocycles. The van der Waals surface area contributed by atoms with E-state index >= 15 is 0 Å². The Hall–Kier alpha value is -0.390. The molecule has 3 nitrogen and oxygen atoms in total. The summed E-state index contributed by atoms with van der Waals surface area (Å²) in [5.41, 5.74) is 0.588. The number of benzene rings is 1. The Bertz CT molecular complexity index is 420. The minimum atomic E-state index is -3.41. The first-order valence-corrected chi connectivity index (χ1v) is 7.54. The maximum absolute atomic E-state index is 11.3. The van der Waals surface area contributed by atoms with Crippen molar-refractivity contribution in [2.45, 2.75) is 11.8 Å². The number of rotatable bonds is 5. The summed E-state index contributed by atoms with van der Waals surface area (Å²) in [6, 6.07) is 7.25. The molecule has 1 aromatic rings. The lowest BCUT2D eigenvalue weighted by molar-refractivity contribution is 0.605. The van der Waals surface area contributed by atoms with E-state index in [1.54, 1.807) is 23.9 Å². The third-order valence-electron chi connectivity index (χ3n) is 1.60. The predicted molar refractivity (Wildman–Crippen MR) is 66.1 cm³/mol. The monoisotopic (exact) mass is 265 g/mol. The van der Waals surface area contributed by atoms with Gasteiger partial charge in [0.25, 0.3) is 0 Å². The van der Waals surface area contributed by atoms with Gasteiger partial charge < -0.3 is 0 Å². The van der Waals surface area contributed by atoms with Crippen molar-refractivity contribution in [1.82, 2.24) is 0 Å². The maximum Gasteiger partial charge on any atom is 0.246 e. The summed E-state index contributed by atoms with van der Waals surface area (Å²) in [6.07, 6.45) is 0. The smallest absolute Gasteiger partial charge is 0.246 e. The highest BCUT2D eigenvalue weighted by atomic mass is 35.5. The van der Waals surface area contributed by atoms with E-state index < -0.39 is 15.2 Å². The van der Waals surface area contributed by atoms with Crippen molar-refractivity contribution in [2.24, 2.45) is 0 Å². The van der Waals surface area contributed by atoms with Crippen LogP contribution in [-0.4, -0.2) is 19.4 Å². The molecule has 0 spiro atoms. The summed E-state index contributed by atoms with van der Waals surface area (Å²) >= 11 is 6.90. The number of thioether (sulfide) groups is 1. The Balaban J connectivity index is 2.94. The average Bonchev–Trinajstić information content (AvgIpc) is 2.21. The molecule has 1 N–H and O–H groups in total. The summed E-state index contributed by atoms with van der Waals surface area (Å²) in [6.45, 7) is 2.01. The molecular formula is C9H12ClNO2S2. The standard InChI is InChI=1S/C9H12ClNO2S2/c1-2-14-9-6-4-3-5-8(9)11-15(12,13)7-10/h3-6,11H,2,7H2,1H3. The van der Waals surface area contributed by atoms with Crippen LogP contribution in [0.1, 0.15) is 6.92 Å². The Morgan fingerprint density at radius 3 is 2.67 bits per heavy atom. The van der Waals surface area contributed by atoms with E-state index in [4.69, 9.17) is 11.6 Å². The van der Waals surface area contributed by atoms with Gasteiger partial charge in [0.1, 0.15) is 5.21 Å². The number of alkyl halides is 1. The summed E-state index contributed by atoms with van der Waals surface area (Å²) < 4.78 is 25.0. The number of sulfonamides is 1. The molecule has 0 aliphatic carbocycles. The minimum Gasteiger partial charge on any atom is -0.281 e. The molecule has 0 fully saturated rings. The fourth-order valence-electron chi connectivity index (χ4n) is 1.03. The molecule has 1 aromatic carbocycles. The van der Waals surface area contributed by atoms with Crippen LogP contribution in [-0.2, 0) is 10.0 Å². The summed E-state index contributed by atoms with van der Waals surface area (Å²) in [7, 11) is -3.41. The van der Waals surface area contributed by atoms with Gasteiger partial charge in [0.2, 0.25) is 10.0 Å². The first-order chi connectivity index (χ1) is 7.09. The van der Waals surface area contributed by atoms with Gasteiger partial charge in [-0.25, -0.2) is 8.42 Å². The second-order valence-electron chi connectivity index (χ2n) is 2.76. The number of halogens is 1. The molecule has 0 saturated heterocycles. The van der Waals surface area contributed by atoms with Crippen LogP contribution >= 0.6 is 23.4 Å². The Morgan fingerprint density at radius 2 is 2.07 bits per heavy atom. The van der Waals surface area contributed by atoms with E-state index in [1.807, 2.05) is 19.1 Å². The van der Waals surface area contributed by atoms with Gasteiger partial charge in [-0.2, -0.15) is 0 Å². The lowest BCUT2D eigenvalue weighted by atomic mass is 10.3. The van der Waals surface area contributed by atoms with E-state index in [9.17, 15) is 8.42 Å². The van der Waals surface area contributed by atoms with E-state index in [0.717, 1.165) is 10.6 Å². The van der Waals surface area contributed by atoms with E-state index in [0.29, 0.717) is 5.69 Å². The van der Waals surface area contributed by atoms with Gasteiger partial charge in [0.15, 0.2) is 0 Å². The van der Waals surface area contributed by atoms with Gasteiger partial charge in [0.05, 0.1) is 5.69 Å². The van der Waals surface area contributed by atoms with Crippen molar-refractivity contribution in [1.29, 1.82) is 0 Å². The molecule has 0 bridgehead atoms. The third-order valence-corrected chi connectivity index (χ3v) is 4.23. The van der Waals surface area contributed by atoms with Gasteiger partial charge in [-0.1, -0.05) is 19.1 Å². The lowest BCUT2D eigenvalue weighted by Crippen LogP contribution is -2.13. The summed E-state index contributed by atoms with van der Waals surface area (Å²) in [4.78, 5) is 0.911. The van der Waals surface area contributed by atoms with Gasteiger partial charge in [-0.05, 0) is 17.9 Å². The SMILES string of the molecule is CCSc1ccccc1NS(=O)(=O)CCl. The summed E-state index contributed by atoms with van der Waals surface area (Å²) in [5.74, 6) is 0.889. The van der Waals surface area contributed by atoms with Gasteiger partial charge >= 0.3 is 0 Å². The van der Waals surface area contributed by atoms with E-state index in [-0.39, 0.29) is 0 Å².